The van der Waals surface area contributed by atoms with Crippen molar-refractivity contribution in [2.75, 3.05) is 6.54 Å². The zero-order valence-corrected chi connectivity index (χ0v) is 13.8. The number of fused-ring (bicyclic) bond motifs is 1. The van der Waals surface area contributed by atoms with Gasteiger partial charge in [-0.25, -0.2) is 9.82 Å². The van der Waals surface area contributed by atoms with Gasteiger partial charge in [-0.1, -0.05) is 42.5 Å². The van der Waals surface area contributed by atoms with Crippen molar-refractivity contribution in [1.29, 1.82) is 0 Å². The first-order valence-electron chi connectivity index (χ1n) is 7.97. The molecule has 3 rings (SSSR count). The summed E-state index contributed by atoms with van der Waals surface area (Å²) in [5.41, 5.74) is 3.52. The molecule has 0 heterocycles. The highest BCUT2D eigenvalue weighted by Gasteiger charge is 2.07. The van der Waals surface area contributed by atoms with E-state index in [1.807, 2.05) is 42.5 Å². The van der Waals surface area contributed by atoms with Crippen molar-refractivity contribution < 1.29 is 14.0 Å². The van der Waals surface area contributed by atoms with E-state index in [1.165, 1.54) is 24.3 Å². The van der Waals surface area contributed by atoms with Gasteiger partial charge >= 0.3 is 0 Å². The maximum atomic E-state index is 12.8. The minimum atomic E-state index is -0.461. The number of carbonyl (C=O) groups excluding carboxylic acids is 2. The van der Waals surface area contributed by atoms with Crippen LogP contribution in [-0.2, 0) is 4.79 Å². The van der Waals surface area contributed by atoms with Gasteiger partial charge in [-0.2, -0.15) is 5.10 Å². The number of hydrogen-bond donors (Lipinski definition) is 2. The predicted octanol–water partition coefficient (Wildman–Crippen LogP) is 2.86. The lowest BCUT2D eigenvalue weighted by Crippen LogP contribution is -2.34. The van der Waals surface area contributed by atoms with Crippen LogP contribution in [0.3, 0.4) is 0 Å². The van der Waals surface area contributed by atoms with Gasteiger partial charge in [0.05, 0.1) is 12.8 Å². The van der Waals surface area contributed by atoms with Crippen LogP contribution >= 0.6 is 0 Å². The Bertz CT molecular complexity index is 963. The van der Waals surface area contributed by atoms with E-state index >= 15 is 0 Å². The number of amides is 2. The van der Waals surface area contributed by atoms with Gasteiger partial charge in [0.15, 0.2) is 0 Å². The van der Waals surface area contributed by atoms with Gasteiger partial charge in [-0.3, -0.25) is 9.59 Å². The monoisotopic (exact) mass is 349 g/mol. The van der Waals surface area contributed by atoms with Crippen LogP contribution in [0.1, 0.15) is 15.9 Å². The Balaban J connectivity index is 1.54. The summed E-state index contributed by atoms with van der Waals surface area (Å²) in [4.78, 5) is 23.6. The first-order chi connectivity index (χ1) is 12.6. The third-order valence-electron chi connectivity index (χ3n) is 3.73. The molecule has 0 aliphatic heterocycles. The minimum Gasteiger partial charge on any atom is -0.343 e. The summed E-state index contributed by atoms with van der Waals surface area (Å²) in [7, 11) is 0. The third-order valence-corrected chi connectivity index (χ3v) is 3.73. The highest BCUT2D eigenvalue weighted by molar-refractivity contribution is 6.00. The summed E-state index contributed by atoms with van der Waals surface area (Å²) in [5, 5.41) is 8.48. The van der Waals surface area contributed by atoms with Crippen molar-refractivity contribution in [2.45, 2.75) is 0 Å². The smallest absolute Gasteiger partial charge is 0.259 e. The van der Waals surface area contributed by atoms with Gasteiger partial charge in [0.1, 0.15) is 5.82 Å². The molecule has 0 bridgehead atoms. The Labute approximate surface area is 149 Å². The second-order valence-corrected chi connectivity index (χ2v) is 5.55. The Morgan fingerprint density at radius 2 is 1.69 bits per heavy atom. The van der Waals surface area contributed by atoms with Gasteiger partial charge < -0.3 is 5.32 Å². The van der Waals surface area contributed by atoms with Crippen LogP contribution in [0.15, 0.2) is 71.8 Å². The van der Waals surface area contributed by atoms with Gasteiger partial charge in [-0.15, -0.1) is 0 Å². The molecule has 0 aliphatic rings. The summed E-state index contributed by atoms with van der Waals surface area (Å²) in [6.07, 6.45) is 1.56. The number of nitrogens with zero attached hydrogens (tertiary/aromatic N) is 1. The molecule has 130 valence electrons. The maximum Gasteiger partial charge on any atom is 0.259 e. The van der Waals surface area contributed by atoms with E-state index in [-0.39, 0.29) is 12.1 Å². The van der Waals surface area contributed by atoms with E-state index in [2.05, 4.69) is 15.8 Å². The van der Waals surface area contributed by atoms with Crippen molar-refractivity contribution in [2.24, 2.45) is 5.10 Å². The van der Waals surface area contributed by atoms with E-state index in [4.69, 9.17) is 0 Å². The zero-order valence-electron chi connectivity index (χ0n) is 13.8. The van der Waals surface area contributed by atoms with Crippen LogP contribution in [0.25, 0.3) is 10.8 Å². The van der Waals surface area contributed by atoms with Gasteiger partial charge in [0, 0.05) is 11.1 Å². The van der Waals surface area contributed by atoms with E-state index < -0.39 is 17.6 Å². The highest BCUT2D eigenvalue weighted by atomic mass is 19.1. The van der Waals surface area contributed by atoms with Crippen LogP contribution in [-0.4, -0.2) is 24.6 Å². The van der Waals surface area contributed by atoms with E-state index in [9.17, 15) is 14.0 Å². The Morgan fingerprint density at radius 1 is 0.962 bits per heavy atom. The van der Waals surface area contributed by atoms with Crippen molar-refractivity contribution in [1.82, 2.24) is 10.7 Å². The molecule has 0 radical (unpaired) electrons. The van der Waals surface area contributed by atoms with Gasteiger partial charge in [-0.05, 0) is 35.0 Å². The fraction of sp³-hybridized carbons (Fsp3) is 0.0500. The summed E-state index contributed by atoms with van der Waals surface area (Å²) in [6, 6.07) is 18.7. The molecule has 0 unspecified atom stereocenters. The molecule has 0 saturated heterocycles. The van der Waals surface area contributed by atoms with Crippen molar-refractivity contribution in [3.8, 4) is 0 Å². The molecule has 0 fully saturated rings. The number of hydrazone groups is 1. The molecule has 0 aromatic heterocycles. The van der Waals surface area contributed by atoms with Crippen LogP contribution in [0, 0.1) is 5.82 Å². The molecular formula is C20H16FN3O2. The molecule has 6 heteroatoms. The lowest BCUT2D eigenvalue weighted by molar-refractivity contribution is -0.120. The normalized spacial score (nSPS) is 10.8. The van der Waals surface area contributed by atoms with Crippen LogP contribution in [0.4, 0.5) is 4.39 Å². The number of rotatable bonds is 5. The average Bonchev–Trinajstić information content (AvgIpc) is 2.67. The Kier molecular flexibility index (Phi) is 5.34. The molecule has 2 amide bonds. The van der Waals surface area contributed by atoms with Crippen LogP contribution in [0.5, 0.6) is 0 Å². The summed E-state index contributed by atoms with van der Waals surface area (Å²) in [6.45, 7) is -0.233. The predicted molar refractivity (Wildman–Crippen MR) is 98.4 cm³/mol. The lowest BCUT2D eigenvalue weighted by atomic mass is 10.1. The highest BCUT2D eigenvalue weighted by Crippen LogP contribution is 2.16. The SMILES string of the molecule is O=C(CNC(=O)c1ccc(F)cc1)N/N=C/c1cccc2ccccc12. The summed E-state index contributed by atoms with van der Waals surface area (Å²) < 4.78 is 12.8. The topological polar surface area (TPSA) is 70.6 Å². The molecule has 5 nitrogen and oxygen atoms in total. The number of halogens is 1. The van der Waals surface area contributed by atoms with E-state index in [0.717, 1.165) is 16.3 Å². The molecule has 0 atom stereocenters. The third kappa shape index (κ3) is 4.30. The van der Waals surface area contributed by atoms with Crippen molar-refractivity contribution in [3.05, 3.63) is 83.7 Å². The van der Waals surface area contributed by atoms with E-state index in [1.54, 1.807) is 6.21 Å². The second kappa shape index (κ2) is 8.02. The fourth-order valence-corrected chi connectivity index (χ4v) is 2.44. The quantitative estimate of drug-likeness (QED) is 0.549. The van der Waals surface area contributed by atoms with Gasteiger partial charge in [0.25, 0.3) is 11.8 Å². The largest absolute Gasteiger partial charge is 0.343 e. The molecular weight excluding hydrogens is 333 g/mol. The Hall–Kier alpha value is -3.54. The summed E-state index contributed by atoms with van der Waals surface area (Å²) in [5.74, 6) is -1.35. The van der Waals surface area contributed by atoms with Crippen LogP contribution < -0.4 is 10.7 Å². The second-order valence-electron chi connectivity index (χ2n) is 5.55. The average molecular weight is 349 g/mol. The molecule has 0 spiro atoms. The zero-order chi connectivity index (χ0) is 18.4. The van der Waals surface area contributed by atoms with E-state index in [0.29, 0.717) is 0 Å². The van der Waals surface area contributed by atoms with Crippen LogP contribution in [0.2, 0.25) is 0 Å². The number of carbonyl (C=O) groups is 2. The summed E-state index contributed by atoms with van der Waals surface area (Å²) >= 11 is 0. The standard InChI is InChI=1S/C20H16FN3O2/c21-17-10-8-15(9-11-17)20(26)22-13-19(25)24-23-12-16-6-3-5-14-4-1-2-7-18(14)16/h1-12H,13H2,(H,22,26)(H,24,25)/b23-12+. The molecule has 0 saturated carbocycles. The number of nitrogens with one attached hydrogen (secondary N) is 2. The first-order valence-corrected chi connectivity index (χ1v) is 7.97. The van der Waals surface area contributed by atoms with Crippen molar-refractivity contribution >= 4 is 28.8 Å². The maximum absolute atomic E-state index is 12.8. The van der Waals surface area contributed by atoms with Gasteiger partial charge in [0.2, 0.25) is 0 Å². The molecule has 2 N–H and O–H groups in total. The molecule has 26 heavy (non-hydrogen) atoms. The Morgan fingerprint density at radius 3 is 2.50 bits per heavy atom. The number of benzene rings is 3. The minimum absolute atomic E-state index is 0.233. The lowest BCUT2D eigenvalue weighted by Gasteiger charge is -2.04. The molecule has 3 aromatic rings. The van der Waals surface area contributed by atoms with Crippen molar-refractivity contribution in [3.63, 3.8) is 0 Å². The molecule has 0 aliphatic carbocycles. The molecule has 3 aromatic carbocycles. The fourth-order valence-electron chi connectivity index (χ4n) is 2.44. The first kappa shape index (κ1) is 17.3. The number of hydrogen-bond acceptors (Lipinski definition) is 3.